The van der Waals surface area contributed by atoms with Crippen LogP contribution in [0, 0.1) is 6.92 Å². The van der Waals surface area contributed by atoms with Gasteiger partial charge < -0.3 is 13.8 Å². The zero-order chi connectivity index (χ0) is 24.2. The van der Waals surface area contributed by atoms with Gasteiger partial charge in [-0.3, -0.25) is 0 Å². The van der Waals surface area contributed by atoms with Gasteiger partial charge >= 0.3 is 21.6 Å². The summed E-state index contributed by atoms with van der Waals surface area (Å²) in [7, 11) is -5.99. The van der Waals surface area contributed by atoms with E-state index in [9.17, 15) is 26.4 Å². The number of benzene rings is 3. The summed E-state index contributed by atoms with van der Waals surface area (Å²) in [5.74, 6) is -1.81. The van der Waals surface area contributed by atoms with Crippen molar-refractivity contribution < 1.29 is 35.3 Å². The van der Waals surface area contributed by atoms with Gasteiger partial charge in [-0.1, -0.05) is 36.4 Å². The van der Waals surface area contributed by atoms with Crippen molar-refractivity contribution in [2.24, 2.45) is 0 Å². The van der Waals surface area contributed by atoms with Crippen molar-refractivity contribution in [2.45, 2.75) is 19.4 Å². The number of para-hydroxylation sites is 2. The van der Waals surface area contributed by atoms with E-state index in [1.54, 1.807) is 17.0 Å². The van der Waals surface area contributed by atoms with Gasteiger partial charge in [0.1, 0.15) is 5.56 Å². The topological polar surface area (TPSA) is 72.9 Å². The number of anilines is 3. The van der Waals surface area contributed by atoms with E-state index in [0.29, 0.717) is 11.4 Å². The third kappa shape index (κ3) is 5.28. The summed E-state index contributed by atoms with van der Waals surface area (Å²) in [6.07, 6.45) is 0. The standard InChI is InChI=1S/C23H20F3NO5S/c1-3-31-22(28)19-15-18(13-14-21(19)32-33(29,30)23(24,25)26)27(17-10-5-4-6-11-17)20-12-8-7-9-16(20)2/h4-15H,3H2,1-2H3. The summed E-state index contributed by atoms with van der Waals surface area (Å²) in [6, 6.07) is 20.0. The van der Waals surface area contributed by atoms with Crippen molar-refractivity contribution in [3.05, 3.63) is 83.9 Å². The monoisotopic (exact) mass is 479 g/mol. The van der Waals surface area contributed by atoms with E-state index < -0.39 is 32.9 Å². The summed E-state index contributed by atoms with van der Waals surface area (Å²) in [5, 5.41) is 0. The Morgan fingerprint density at radius 2 is 1.58 bits per heavy atom. The zero-order valence-electron chi connectivity index (χ0n) is 17.7. The molecule has 0 unspecified atom stereocenters. The molecule has 0 bridgehead atoms. The van der Waals surface area contributed by atoms with Crippen LogP contribution in [0.4, 0.5) is 30.2 Å². The fraction of sp³-hybridized carbons (Fsp3) is 0.174. The van der Waals surface area contributed by atoms with Crippen molar-refractivity contribution in [3.8, 4) is 5.75 Å². The molecule has 3 rings (SSSR count). The van der Waals surface area contributed by atoms with Crippen LogP contribution in [0.2, 0.25) is 0 Å². The molecule has 0 aliphatic heterocycles. The van der Waals surface area contributed by atoms with Crippen molar-refractivity contribution in [1.29, 1.82) is 0 Å². The van der Waals surface area contributed by atoms with Gasteiger partial charge in [-0.05, 0) is 55.8 Å². The van der Waals surface area contributed by atoms with Gasteiger partial charge in [-0.25, -0.2) is 4.79 Å². The van der Waals surface area contributed by atoms with Crippen LogP contribution < -0.4 is 9.08 Å². The number of hydrogen-bond acceptors (Lipinski definition) is 6. The summed E-state index contributed by atoms with van der Waals surface area (Å²) >= 11 is 0. The highest BCUT2D eigenvalue weighted by molar-refractivity contribution is 7.88. The predicted molar refractivity (Wildman–Crippen MR) is 117 cm³/mol. The third-order valence-corrected chi connectivity index (χ3v) is 5.54. The summed E-state index contributed by atoms with van der Waals surface area (Å²) in [6.45, 7) is 3.32. The molecule has 10 heteroatoms. The minimum absolute atomic E-state index is 0.0747. The first-order chi connectivity index (χ1) is 15.5. The Bertz CT molecular complexity index is 1240. The van der Waals surface area contributed by atoms with Gasteiger partial charge in [0, 0.05) is 17.1 Å². The van der Waals surface area contributed by atoms with Crippen molar-refractivity contribution in [1.82, 2.24) is 0 Å². The molecule has 0 amide bonds. The van der Waals surface area contributed by atoms with E-state index in [-0.39, 0.29) is 6.61 Å². The Hall–Kier alpha value is -3.53. The lowest BCUT2D eigenvalue weighted by molar-refractivity contribution is -0.0500. The quantitative estimate of drug-likeness (QED) is 0.240. The number of nitrogens with zero attached hydrogens (tertiary/aromatic N) is 1. The highest BCUT2D eigenvalue weighted by atomic mass is 32.2. The molecule has 0 N–H and O–H groups in total. The van der Waals surface area contributed by atoms with Crippen LogP contribution in [0.1, 0.15) is 22.8 Å². The number of alkyl halides is 3. The normalized spacial score (nSPS) is 11.7. The molecule has 0 aliphatic carbocycles. The first kappa shape index (κ1) is 24.1. The Morgan fingerprint density at radius 3 is 2.18 bits per heavy atom. The van der Waals surface area contributed by atoms with Crippen molar-refractivity contribution >= 4 is 33.1 Å². The Balaban J connectivity index is 2.19. The van der Waals surface area contributed by atoms with Gasteiger partial charge in [-0.2, -0.15) is 21.6 Å². The molecule has 174 valence electrons. The molecule has 3 aromatic rings. The molecular weight excluding hydrogens is 459 g/mol. The minimum Gasteiger partial charge on any atom is -0.462 e. The molecule has 33 heavy (non-hydrogen) atoms. The Kier molecular flexibility index (Phi) is 6.97. The van der Waals surface area contributed by atoms with E-state index >= 15 is 0 Å². The van der Waals surface area contributed by atoms with Gasteiger partial charge in [0.15, 0.2) is 5.75 Å². The lowest BCUT2D eigenvalue weighted by Crippen LogP contribution is -2.28. The smallest absolute Gasteiger partial charge is 0.462 e. The van der Waals surface area contributed by atoms with Crippen LogP contribution in [0.25, 0.3) is 0 Å². The molecule has 0 aromatic heterocycles. The highest BCUT2D eigenvalue weighted by Crippen LogP contribution is 2.39. The number of halogens is 3. The average molecular weight is 479 g/mol. The van der Waals surface area contributed by atoms with Crippen LogP contribution in [-0.2, 0) is 14.9 Å². The molecule has 0 radical (unpaired) electrons. The number of rotatable bonds is 7. The van der Waals surface area contributed by atoms with E-state index in [4.69, 9.17) is 4.74 Å². The number of hydrogen-bond donors (Lipinski definition) is 0. The summed E-state index contributed by atoms with van der Waals surface area (Å²) < 4.78 is 70.9. The van der Waals surface area contributed by atoms with Crippen LogP contribution >= 0.6 is 0 Å². The maximum absolute atomic E-state index is 12.9. The van der Waals surface area contributed by atoms with Crippen LogP contribution in [0.15, 0.2) is 72.8 Å². The summed E-state index contributed by atoms with van der Waals surface area (Å²) in [4.78, 5) is 14.3. The van der Waals surface area contributed by atoms with E-state index in [1.165, 1.54) is 19.1 Å². The maximum atomic E-state index is 12.9. The second kappa shape index (κ2) is 9.53. The van der Waals surface area contributed by atoms with E-state index in [0.717, 1.165) is 17.3 Å². The lowest BCUT2D eigenvalue weighted by atomic mass is 10.1. The molecule has 0 aliphatic rings. The minimum atomic E-state index is -5.99. The Morgan fingerprint density at radius 1 is 0.939 bits per heavy atom. The Labute approximate surface area is 189 Å². The fourth-order valence-electron chi connectivity index (χ4n) is 3.08. The fourth-order valence-corrected chi connectivity index (χ4v) is 3.56. The molecule has 0 atom stereocenters. The van der Waals surface area contributed by atoms with E-state index in [1.807, 2.05) is 49.4 Å². The third-order valence-electron chi connectivity index (χ3n) is 4.57. The molecule has 0 saturated carbocycles. The molecule has 0 fully saturated rings. The molecule has 6 nitrogen and oxygen atoms in total. The first-order valence-corrected chi connectivity index (χ1v) is 11.2. The van der Waals surface area contributed by atoms with Crippen molar-refractivity contribution in [3.63, 3.8) is 0 Å². The molecule has 0 spiro atoms. The summed E-state index contributed by atoms with van der Waals surface area (Å²) in [5.41, 5.74) is -3.39. The number of ether oxygens (including phenoxy) is 1. The van der Waals surface area contributed by atoms with Gasteiger partial charge in [0.2, 0.25) is 0 Å². The second-order valence-electron chi connectivity index (χ2n) is 6.84. The molecule has 3 aromatic carbocycles. The molecule has 0 saturated heterocycles. The molecular formula is C23H20F3NO5S. The second-order valence-corrected chi connectivity index (χ2v) is 8.38. The SMILES string of the molecule is CCOC(=O)c1cc(N(c2ccccc2)c2ccccc2C)ccc1OS(=O)(=O)C(F)(F)F. The first-order valence-electron chi connectivity index (χ1n) is 9.78. The van der Waals surface area contributed by atoms with E-state index in [2.05, 4.69) is 4.18 Å². The number of esters is 1. The average Bonchev–Trinajstić information content (AvgIpc) is 2.76. The van der Waals surface area contributed by atoms with Gasteiger partial charge in [-0.15, -0.1) is 0 Å². The largest absolute Gasteiger partial charge is 0.534 e. The van der Waals surface area contributed by atoms with Crippen molar-refractivity contribution in [2.75, 3.05) is 11.5 Å². The van der Waals surface area contributed by atoms with Crippen LogP contribution in [0.5, 0.6) is 5.75 Å². The number of aryl methyl sites for hydroxylation is 1. The van der Waals surface area contributed by atoms with Gasteiger partial charge in [0.25, 0.3) is 0 Å². The number of carbonyl (C=O) groups is 1. The number of carbonyl (C=O) groups excluding carboxylic acids is 1. The zero-order valence-corrected chi connectivity index (χ0v) is 18.5. The maximum Gasteiger partial charge on any atom is 0.534 e. The van der Waals surface area contributed by atoms with Crippen LogP contribution in [-0.4, -0.2) is 26.5 Å². The highest BCUT2D eigenvalue weighted by Gasteiger charge is 2.49. The predicted octanol–water partition coefficient (Wildman–Crippen LogP) is 5.87. The lowest BCUT2D eigenvalue weighted by Gasteiger charge is -2.27. The molecule has 0 heterocycles. The van der Waals surface area contributed by atoms with Crippen LogP contribution in [0.3, 0.4) is 0 Å². The van der Waals surface area contributed by atoms with Gasteiger partial charge in [0.05, 0.1) is 6.61 Å².